The maximum Gasteiger partial charge on any atom is 0.412 e. The Morgan fingerprint density at radius 3 is 2.15 bits per heavy atom. The van der Waals surface area contributed by atoms with Crippen molar-refractivity contribution >= 4 is 0 Å². The molecule has 0 rings (SSSR count). The molecule has 0 bridgehead atoms. The van der Waals surface area contributed by atoms with Gasteiger partial charge < -0.3 is 4.74 Å². The van der Waals surface area contributed by atoms with Gasteiger partial charge in [0, 0.05) is 5.57 Å². The Morgan fingerprint density at radius 1 is 1.31 bits per heavy atom. The van der Waals surface area contributed by atoms with Gasteiger partial charge in [0.1, 0.15) is 5.76 Å². The van der Waals surface area contributed by atoms with Crippen LogP contribution in [0.4, 0.5) is 13.2 Å². The number of alkyl halides is 3. The van der Waals surface area contributed by atoms with Gasteiger partial charge in [-0.3, -0.25) is 0 Å². The van der Waals surface area contributed by atoms with Crippen molar-refractivity contribution in [2.45, 2.75) is 13.1 Å². The van der Waals surface area contributed by atoms with Crippen molar-refractivity contribution in [3.05, 3.63) is 36.1 Å². The molecule has 0 aromatic rings. The summed E-state index contributed by atoms with van der Waals surface area (Å²) in [6, 6.07) is 0. The van der Waals surface area contributed by atoms with Crippen LogP contribution >= 0.6 is 0 Å². The van der Waals surface area contributed by atoms with Gasteiger partial charge in [-0.05, 0) is 19.1 Å². The molecular formula is C9H11F3O. The van der Waals surface area contributed by atoms with Gasteiger partial charge in [0.05, 0.1) is 7.11 Å². The zero-order valence-corrected chi connectivity index (χ0v) is 7.48. The summed E-state index contributed by atoms with van der Waals surface area (Å²) < 4.78 is 40.5. The van der Waals surface area contributed by atoms with Crippen molar-refractivity contribution in [2.24, 2.45) is 0 Å². The molecule has 0 atom stereocenters. The first-order chi connectivity index (χ1) is 5.91. The van der Waals surface area contributed by atoms with E-state index in [1.54, 1.807) is 0 Å². The molecule has 74 valence electrons. The first-order valence-electron chi connectivity index (χ1n) is 3.54. The molecule has 0 spiro atoms. The fourth-order valence-corrected chi connectivity index (χ4v) is 0.521. The van der Waals surface area contributed by atoms with Crippen LogP contribution in [0, 0.1) is 0 Å². The first kappa shape index (κ1) is 11.8. The van der Waals surface area contributed by atoms with E-state index in [2.05, 4.69) is 6.58 Å². The summed E-state index contributed by atoms with van der Waals surface area (Å²) in [5.41, 5.74) is -0.677. The van der Waals surface area contributed by atoms with Gasteiger partial charge in [0.2, 0.25) is 0 Å². The summed E-state index contributed by atoms with van der Waals surface area (Å²) in [6.07, 6.45) is -0.785. The highest BCUT2D eigenvalue weighted by Gasteiger charge is 2.29. The van der Waals surface area contributed by atoms with Crippen LogP contribution in [0.2, 0.25) is 0 Å². The third-order valence-corrected chi connectivity index (χ3v) is 1.38. The Morgan fingerprint density at radius 2 is 1.85 bits per heavy atom. The van der Waals surface area contributed by atoms with E-state index in [0.29, 0.717) is 5.76 Å². The molecule has 13 heavy (non-hydrogen) atoms. The number of halogens is 3. The topological polar surface area (TPSA) is 9.23 Å². The average Bonchev–Trinajstić information content (AvgIpc) is 2.04. The molecule has 0 amide bonds. The number of hydrogen-bond donors (Lipinski definition) is 0. The quantitative estimate of drug-likeness (QED) is 0.492. The summed E-state index contributed by atoms with van der Waals surface area (Å²) >= 11 is 0. The second-order valence-corrected chi connectivity index (χ2v) is 2.32. The van der Waals surface area contributed by atoms with E-state index in [1.807, 2.05) is 0 Å². The Balaban J connectivity index is 4.58. The third-order valence-electron chi connectivity index (χ3n) is 1.38. The molecule has 0 saturated carbocycles. The van der Waals surface area contributed by atoms with Gasteiger partial charge in [0.25, 0.3) is 0 Å². The highest BCUT2D eigenvalue weighted by Crippen LogP contribution is 2.24. The van der Waals surface area contributed by atoms with Crippen LogP contribution in [-0.4, -0.2) is 13.3 Å². The summed E-state index contributed by atoms with van der Waals surface area (Å²) in [4.78, 5) is 0. The number of methoxy groups -OCH3 is 1. The molecule has 0 aromatic carbocycles. The normalized spacial score (nSPS) is 14.2. The van der Waals surface area contributed by atoms with Crippen LogP contribution < -0.4 is 0 Å². The average molecular weight is 192 g/mol. The van der Waals surface area contributed by atoms with Crippen molar-refractivity contribution < 1.29 is 17.9 Å². The Hall–Kier alpha value is -1.19. The van der Waals surface area contributed by atoms with E-state index in [1.165, 1.54) is 19.3 Å². The lowest BCUT2D eigenvalue weighted by Crippen LogP contribution is -2.08. The van der Waals surface area contributed by atoms with E-state index < -0.39 is 11.7 Å². The van der Waals surface area contributed by atoms with Crippen molar-refractivity contribution in [2.75, 3.05) is 7.11 Å². The molecule has 0 N–H and O–H groups in total. The van der Waals surface area contributed by atoms with Crippen molar-refractivity contribution in [3.8, 4) is 0 Å². The molecule has 0 heterocycles. The number of rotatable bonds is 3. The molecule has 0 radical (unpaired) electrons. The lowest BCUT2D eigenvalue weighted by molar-refractivity contribution is -0.0913. The fourth-order valence-electron chi connectivity index (χ4n) is 0.521. The molecule has 0 fully saturated rings. The first-order valence-corrected chi connectivity index (χ1v) is 3.54. The van der Waals surface area contributed by atoms with Crippen LogP contribution in [0.1, 0.15) is 6.92 Å². The van der Waals surface area contributed by atoms with E-state index >= 15 is 0 Å². The lowest BCUT2D eigenvalue weighted by Gasteiger charge is -2.04. The minimum atomic E-state index is -4.28. The van der Waals surface area contributed by atoms with E-state index in [4.69, 9.17) is 4.74 Å². The number of allylic oxidation sites excluding steroid dienone is 4. The largest absolute Gasteiger partial charge is 0.497 e. The fraction of sp³-hybridized carbons (Fsp3) is 0.333. The molecular weight excluding hydrogens is 181 g/mol. The summed E-state index contributed by atoms with van der Waals surface area (Å²) in [5.74, 6) is 0.295. The van der Waals surface area contributed by atoms with Gasteiger partial charge in [0.15, 0.2) is 0 Å². The van der Waals surface area contributed by atoms with E-state index in [0.717, 1.165) is 13.0 Å². The van der Waals surface area contributed by atoms with Gasteiger partial charge >= 0.3 is 6.18 Å². The molecule has 0 aliphatic heterocycles. The molecule has 0 aliphatic carbocycles. The lowest BCUT2D eigenvalue weighted by atomic mass is 10.2. The zero-order valence-electron chi connectivity index (χ0n) is 7.48. The second-order valence-electron chi connectivity index (χ2n) is 2.32. The summed E-state index contributed by atoms with van der Waals surface area (Å²) in [7, 11) is 1.37. The van der Waals surface area contributed by atoms with Gasteiger partial charge in [-0.2, -0.15) is 13.2 Å². The molecule has 4 heteroatoms. The Bertz CT molecular complexity index is 236. The minimum Gasteiger partial charge on any atom is -0.497 e. The van der Waals surface area contributed by atoms with Crippen molar-refractivity contribution in [1.82, 2.24) is 0 Å². The Labute approximate surface area is 75.2 Å². The van der Waals surface area contributed by atoms with E-state index in [9.17, 15) is 13.2 Å². The maximum atomic E-state index is 11.9. The van der Waals surface area contributed by atoms with Crippen LogP contribution in [-0.2, 0) is 4.74 Å². The van der Waals surface area contributed by atoms with Gasteiger partial charge in [-0.1, -0.05) is 12.7 Å². The smallest absolute Gasteiger partial charge is 0.412 e. The van der Waals surface area contributed by atoms with Crippen LogP contribution in [0.3, 0.4) is 0 Å². The van der Waals surface area contributed by atoms with Crippen molar-refractivity contribution in [1.29, 1.82) is 0 Å². The van der Waals surface area contributed by atoms with Crippen LogP contribution in [0.25, 0.3) is 0 Å². The number of ether oxygens (including phenoxy) is 1. The molecule has 0 aliphatic rings. The van der Waals surface area contributed by atoms with E-state index in [-0.39, 0.29) is 0 Å². The SMILES string of the molecule is C=C/C(=C\C=C(/C)C(F)(F)F)OC. The molecule has 0 aromatic heterocycles. The van der Waals surface area contributed by atoms with Crippen molar-refractivity contribution in [3.63, 3.8) is 0 Å². The summed E-state index contributed by atoms with van der Waals surface area (Å²) in [5, 5.41) is 0. The highest BCUT2D eigenvalue weighted by atomic mass is 19.4. The predicted octanol–water partition coefficient (Wildman–Crippen LogP) is 3.21. The predicted molar refractivity (Wildman–Crippen MR) is 45.1 cm³/mol. The monoisotopic (exact) mass is 192 g/mol. The van der Waals surface area contributed by atoms with Crippen LogP contribution in [0.5, 0.6) is 0 Å². The third kappa shape index (κ3) is 4.40. The van der Waals surface area contributed by atoms with Gasteiger partial charge in [-0.25, -0.2) is 0 Å². The van der Waals surface area contributed by atoms with Crippen LogP contribution in [0.15, 0.2) is 36.1 Å². The number of hydrogen-bond acceptors (Lipinski definition) is 1. The molecule has 0 unspecified atom stereocenters. The Kier molecular flexibility index (Phi) is 4.31. The minimum absolute atomic E-state index is 0.295. The standard InChI is InChI=1S/C9H11F3O/c1-4-8(13-3)6-5-7(2)9(10,11)12/h4-6H,1H2,2-3H3/b7-5+,8-6+. The summed E-state index contributed by atoms with van der Waals surface area (Å²) in [6.45, 7) is 4.36. The second kappa shape index (κ2) is 4.74. The molecule has 1 nitrogen and oxygen atoms in total. The molecule has 0 saturated heterocycles. The zero-order chi connectivity index (χ0) is 10.5. The highest BCUT2D eigenvalue weighted by molar-refractivity contribution is 5.21. The maximum absolute atomic E-state index is 11.9. The van der Waals surface area contributed by atoms with Gasteiger partial charge in [-0.15, -0.1) is 0 Å².